The van der Waals surface area contributed by atoms with Crippen molar-refractivity contribution in [3.63, 3.8) is 0 Å². The van der Waals surface area contributed by atoms with Gasteiger partial charge >= 0.3 is 0 Å². The number of benzene rings is 1. The second-order valence-corrected chi connectivity index (χ2v) is 14.6. The Bertz CT molecular complexity index is 1440. The lowest BCUT2D eigenvalue weighted by Gasteiger charge is -2.55. The zero-order valence-corrected chi connectivity index (χ0v) is 26.6. The van der Waals surface area contributed by atoms with Crippen LogP contribution in [0.4, 0.5) is 5.82 Å². The first-order chi connectivity index (χ1) is 20.5. The minimum Gasteiger partial charge on any atom is -0.496 e. The smallest absolute Gasteiger partial charge is 0.231 e. The summed E-state index contributed by atoms with van der Waals surface area (Å²) in [6, 6.07) is 10.8. The summed E-state index contributed by atoms with van der Waals surface area (Å²) in [5.74, 6) is 1.79. The Morgan fingerprint density at radius 1 is 1.02 bits per heavy atom. The van der Waals surface area contributed by atoms with E-state index in [-0.39, 0.29) is 34.3 Å². The standard InChI is InChI=1S/C36H48N4O3/c1-25-20-29(8-11-31(25)43-5)36-16-13-35(14-17-36,15-18-36)24-39(33(42)26-6-9-30(41)10-7-26)32-21-27(12-19-37-32)28-22-38-40(23-28)34(2,3)4/h8,11-12,19-23,26,30,41H,6-7,9-10,13-18,24H2,1-5H3. The van der Waals surface area contributed by atoms with Crippen LogP contribution < -0.4 is 9.64 Å². The number of carbonyl (C=O) groups is 1. The van der Waals surface area contributed by atoms with E-state index in [2.05, 4.69) is 63.3 Å². The predicted octanol–water partition coefficient (Wildman–Crippen LogP) is 7.19. The highest BCUT2D eigenvalue weighted by molar-refractivity contribution is 5.95. The zero-order valence-electron chi connectivity index (χ0n) is 26.6. The number of methoxy groups -OCH3 is 1. The highest BCUT2D eigenvalue weighted by Gasteiger charge is 2.50. The first-order valence-corrected chi connectivity index (χ1v) is 16.2. The Labute approximate surface area is 256 Å². The lowest BCUT2D eigenvalue weighted by atomic mass is 9.51. The van der Waals surface area contributed by atoms with Crippen LogP contribution in [0.25, 0.3) is 11.1 Å². The summed E-state index contributed by atoms with van der Waals surface area (Å²) >= 11 is 0. The molecule has 2 bridgehead atoms. The number of aryl methyl sites for hydroxylation is 1. The molecule has 230 valence electrons. The summed E-state index contributed by atoms with van der Waals surface area (Å²) in [4.78, 5) is 21.1. The molecule has 3 aromatic rings. The third-order valence-corrected chi connectivity index (χ3v) is 10.8. The summed E-state index contributed by atoms with van der Waals surface area (Å²) < 4.78 is 7.52. The number of pyridine rings is 1. The minimum atomic E-state index is -0.289. The highest BCUT2D eigenvalue weighted by atomic mass is 16.5. The number of aliphatic hydroxyl groups excluding tert-OH is 1. The van der Waals surface area contributed by atoms with E-state index in [1.807, 2.05) is 28.0 Å². The van der Waals surface area contributed by atoms with E-state index in [1.165, 1.54) is 11.1 Å². The van der Waals surface area contributed by atoms with Crippen molar-refractivity contribution < 1.29 is 14.6 Å². The van der Waals surface area contributed by atoms with E-state index in [0.717, 1.165) is 74.1 Å². The van der Waals surface area contributed by atoms with Gasteiger partial charge < -0.3 is 9.84 Å². The van der Waals surface area contributed by atoms with Gasteiger partial charge in [0.15, 0.2) is 0 Å². The largest absolute Gasteiger partial charge is 0.496 e. The highest BCUT2D eigenvalue weighted by Crippen LogP contribution is 2.58. The van der Waals surface area contributed by atoms with Gasteiger partial charge in [-0.1, -0.05) is 12.1 Å². The molecule has 1 N–H and O–H groups in total. The number of hydrogen-bond acceptors (Lipinski definition) is 5. The van der Waals surface area contributed by atoms with Gasteiger partial charge in [-0.05, 0) is 138 Å². The third-order valence-electron chi connectivity index (χ3n) is 10.8. The zero-order chi connectivity index (χ0) is 30.4. The van der Waals surface area contributed by atoms with Crippen LogP contribution >= 0.6 is 0 Å². The van der Waals surface area contributed by atoms with Crippen LogP contribution in [0.1, 0.15) is 96.1 Å². The second kappa shape index (κ2) is 11.4. The molecule has 0 saturated heterocycles. The van der Waals surface area contributed by atoms with Gasteiger partial charge in [0.05, 0.1) is 24.9 Å². The summed E-state index contributed by atoms with van der Waals surface area (Å²) in [5, 5.41) is 14.8. The second-order valence-electron chi connectivity index (χ2n) is 14.6. The molecule has 0 radical (unpaired) electrons. The van der Waals surface area contributed by atoms with Crippen LogP contribution in [0, 0.1) is 18.3 Å². The molecule has 7 nitrogen and oxygen atoms in total. The van der Waals surface area contributed by atoms with Gasteiger partial charge in [-0.15, -0.1) is 0 Å². The van der Waals surface area contributed by atoms with E-state index >= 15 is 0 Å². The average molecular weight is 585 g/mol. The predicted molar refractivity (Wildman–Crippen MR) is 170 cm³/mol. The van der Waals surface area contributed by atoms with Crippen LogP contribution in [0.3, 0.4) is 0 Å². The van der Waals surface area contributed by atoms with Crippen LogP contribution in [-0.4, -0.2) is 45.5 Å². The number of anilines is 1. The molecule has 0 aliphatic heterocycles. The van der Waals surface area contributed by atoms with Gasteiger partial charge in [0.25, 0.3) is 0 Å². The van der Waals surface area contributed by atoms with Crippen molar-refractivity contribution in [1.82, 2.24) is 14.8 Å². The molecule has 0 unspecified atom stereocenters. The minimum absolute atomic E-state index is 0.0672. The molecule has 0 atom stereocenters. The van der Waals surface area contributed by atoms with Crippen LogP contribution in [0.2, 0.25) is 0 Å². The number of ether oxygens (including phenoxy) is 1. The molecule has 4 aliphatic rings. The van der Waals surface area contributed by atoms with Crippen molar-refractivity contribution in [2.75, 3.05) is 18.6 Å². The molecule has 2 heterocycles. The van der Waals surface area contributed by atoms with Gasteiger partial charge in [0, 0.05) is 30.4 Å². The van der Waals surface area contributed by atoms with Crippen LogP contribution in [-0.2, 0) is 15.7 Å². The SMILES string of the molecule is COc1ccc(C23CCC(CN(C(=O)C4CCC(O)CC4)c4cc(-c5cnn(C(C)(C)C)c5)ccn4)(CC2)CC3)cc1C. The normalized spacial score (nSPS) is 27.2. The molecule has 0 spiro atoms. The maximum Gasteiger partial charge on any atom is 0.231 e. The van der Waals surface area contributed by atoms with E-state index in [1.54, 1.807) is 7.11 Å². The Morgan fingerprint density at radius 3 is 2.33 bits per heavy atom. The van der Waals surface area contributed by atoms with Gasteiger partial charge in [0.1, 0.15) is 11.6 Å². The van der Waals surface area contributed by atoms with E-state index in [9.17, 15) is 9.90 Å². The fourth-order valence-electron chi connectivity index (χ4n) is 7.88. The molecule has 7 rings (SSSR count). The van der Waals surface area contributed by atoms with E-state index in [0.29, 0.717) is 19.4 Å². The van der Waals surface area contributed by atoms with E-state index < -0.39 is 0 Å². The van der Waals surface area contributed by atoms with E-state index in [4.69, 9.17) is 9.72 Å². The van der Waals surface area contributed by atoms with Crippen molar-refractivity contribution in [3.05, 3.63) is 60.0 Å². The van der Waals surface area contributed by atoms with Crippen molar-refractivity contribution in [2.45, 2.75) is 109 Å². The van der Waals surface area contributed by atoms with Gasteiger partial charge in [-0.2, -0.15) is 5.10 Å². The first kappa shape index (κ1) is 29.9. The number of amides is 1. The average Bonchev–Trinajstić information content (AvgIpc) is 3.53. The number of rotatable bonds is 7. The molecular weight excluding hydrogens is 536 g/mol. The molecule has 4 aliphatic carbocycles. The molecule has 1 aromatic carbocycles. The summed E-state index contributed by atoms with van der Waals surface area (Å²) in [6.45, 7) is 9.27. The Kier molecular flexibility index (Phi) is 7.91. The van der Waals surface area contributed by atoms with Crippen LogP contribution in [0.5, 0.6) is 5.75 Å². The van der Waals surface area contributed by atoms with Crippen LogP contribution in [0.15, 0.2) is 48.9 Å². The number of nitrogens with zero attached hydrogens (tertiary/aromatic N) is 4. The number of aromatic nitrogens is 3. The molecule has 2 aromatic heterocycles. The Hall–Kier alpha value is -3.19. The van der Waals surface area contributed by atoms with Crippen molar-refractivity contribution >= 4 is 11.7 Å². The van der Waals surface area contributed by atoms with Crippen molar-refractivity contribution in [2.24, 2.45) is 11.3 Å². The fraction of sp³-hybridized carbons (Fsp3) is 0.583. The summed E-state index contributed by atoms with van der Waals surface area (Å²) in [7, 11) is 1.74. The maximum atomic E-state index is 14.3. The first-order valence-electron chi connectivity index (χ1n) is 16.2. The Balaban J connectivity index is 1.27. The van der Waals surface area contributed by atoms with Crippen molar-refractivity contribution in [1.29, 1.82) is 0 Å². The van der Waals surface area contributed by atoms with Gasteiger partial charge in [-0.25, -0.2) is 4.98 Å². The number of fused-ring (bicyclic) bond motifs is 3. The monoisotopic (exact) mass is 584 g/mol. The van der Waals surface area contributed by atoms with Crippen molar-refractivity contribution in [3.8, 4) is 16.9 Å². The third kappa shape index (κ3) is 5.85. The fourth-order valence-corrected chi connectivity index (χ4v) is 7.88. The molecule has 7 heteroatoms. The molecule has 4 fully saturated rings. The number of carbonyl (C=O) groups excluding carboxylic acids is 1. The lowest BCUT2D eigenvalue weighted by Crippen LogP contribution is -2.52. The van der Waals surface area contributed by atoms with Gasteiger partial charge in [0.2, 0.25) is 5.91 Å². The Morgan fingerprint density at radius 2 is 1.72 bits per heavy atom. The summed E-state index contributed by atoms with van der Waals surface area (Å²) in [5.41, 5.74) is 4.90. The lowest BCUT2D eigenvalue weighted by molar-refractivity contribution is -0.124. The molecule has 4 saturated carbocycles. The molecular formula is C36H48N4O3. The maximum absolute atomic E-state index is 14.3. The summed E-state index contributed by atoms with van der Waals surface area (Å²) in [6.07, 6.45) is 15.2. The number of hydrogen-bond donors (Lipinski definition) is 1. The number of aliphatic hydroxyl groups is 1. The topological polar surface area (TPSA) is 80.5 Å². The molecule has 1 amide bonds. The molecule has 43 heavy (non-hydrogen) atoms. The quantitative estimate of drug-likeness (QED) is 0.318. The van der Waals surface area contributed by atoms with Gasteiger partial charge in [-0.3, -0.25) is 14.4 Å².